The van der Waals surface area contributed by atoms with Gasteiger partial charge in [-0.15, -0.1) is 12.4 Å². The highest BCUT2D eigenvalue weighted by atomic mass is 35.5. The van der Waals surface area contributed by atoms with Crippen LogP contribution < -0.4 is 10.6 Å². The number of hydrogen-bond donors (Lipinski definition) is 2. The second-order valence-electron chi connectivity index (χ2n) is 3.82. The molecule has 1 aromatic carbocycles. The number of rotatable bonds is 6. The van der Waals surface area contributed by atoms with Gasteiger partial charge in [0.25, 0.3) is 0 Å². The maximum absolute atomic E-state index is 11.5. The van der Waals surface area contributed by atoms with Gasteiger partial charge in [0.15, 0.2) is 0 Å². The lowest BCUT2D eigenvalue weighted by molar-refractivity contribution is -0.116. The van der Waals surface area contributed by atoms with Gasteiger partial charge >= 0.3 is 5.97 Å². The van der Waals surface area contributed by atoms with E-state index < -0.39 is 0 Å². The predicted molar refractivity (Wildman–Crippen MR) is 76.8 cm³/mol. The molecule has 19 heavy (non-hydrogen) atoms. The van der Waals surface area contributed by atoms with Crippen molar-refractivity contribution in [2.24, 2.45) is 0 Å². The summed E-state index contributed by atoms with van der Waals surface area (Å²) in [5, 5.41) is 5.75. The van der Waals surface area contributed by atoms with E-state index in [1.54, 1.807) is 24.3 Å². The molecule has 0 heterocycles. The molecule has 1 rings (SSSR count). The van der Waals surface area contributed by atoms with E-state index in [9.17, 15) is 9.59 Å². The Hall–Kier alpha value is -1.59. The van der Waals surface area contributed by atoms with E-state index >= 15 is 0 Å². The zero-order valence-corrected chi connectivity index (χ0v) is 11.9. The molecule has 0 saturated heterocycles. The second kappa shape index (κ2) is 9.35. The van der Waals surface area contributed by atoms with E-state index in [1.165, 1.54) is 7.11 Å². The van der Waals surface area contributed by atoms with Gasteiger partial charge in [-0.25, -0.2) is 4.79 Å². The molecule has 2 N–H and O–H groups in total. The SMILES string of the molecule is CNCCCC(=O)Nc1ccc(C(=O)OC)cc1.Cl. The second-order valence-corrected chi connectivity index (χ2v) is 3.82. The number of methoxy groups -OCH3 is 1. The van der Waals surface area contributed by atoms with Gasteiger partial charge in [-0.3, -0.25) is 4.79 Å². The fraction of sp³-hybridized carbons (Fsp3) is 0.385. The van der Waals surface area contributed by atoms with Crippen molar-refractivity contribution >= 4 is 30.0 Å². The fourth-order valence-electron chi connectivity index (χ4n) is 1.46. The Bertz CT molecular complexity index is 407. The van der Waals surface area contributed by atoms with E-state index in [1.807, 2.05) is 7.05 Å². The summed E-state index contributed by atoms with van der Waals surface area (Å²) >= 11 is 0. The maximum Gasteiger partial charge on any atom is 0.337 e. The third kappa shape index (κ3) is 6.22. The number of ether oxygens (including phenoxy) is 1. The van der Waals surface area contributed by atoms with Crippen molar-refractivity contribution in [2.75, 3.05) is 26.0 Å². The molecule has 0 atom stereocenters. The Morgan fingerprint density at radius 2 is 1.84 bits per heavy atom. The van der Waals surface area contributed by atoms with Gasteiger partial charge in [0.2, 0.25) is 5.91 Å². The van der Waals surface area contributed by atoms with Crippen LogP contribution in [0.5, 0.6) is 0 Å². The molecule has 6 heteroatoms. The van der Waals surface area contributed by atoms with E-state index in [-0.39, 0.29) is 24.3 Å². The number of esters is 1. The lowest BCUT2D eigenvalue weighted by Crippen LogP contribution is -2.15. The van der Waals surface area contributed by atoms with Gasteiger partial charge in [0.05, 0.1) is 12.7 Å². The zero-order valence-electron chi connectivity index (χ0n) is 11.1. The van der Waals surface area contributed by atoms with E-state index in [2.05, 4.69) is 15.4 Å². The van der Waals surface area contributed by atoms with Gasteiger partial charge in [-0.05, 0) is 44.3 Å². The monoisotopic (exact) mass is 286 g/mol. The molecule has 5 nitrogen and oxygen atoms in total. The number of carbonyl (C=O) groups excluding carboxylic acids is 2. The Morgan fingerprint density at radius 3 is 2.37 bits per heavy atom. The molecule has 0 aliphatic rings. The van der Waals surface area contributed by atoms with Crippen molar-refractivity contribution in [3.05, 3.63) is 29.8 Å². The number of carbonyl (C=O) groups is 2. The highest BCUT2D eigenvalue weighted by Gasteiger charge is 2.06. The number of hydrogen-bond acceptors (Lipinski definition) is 4. The van der Waals surface area contributed by atoms with Crippen LogP contribution in [0, 0.1) is 0 Å². The highest BCUT2D eigenvalue weighted by Crippen LogP contribution is 2.10. The van der Waals surface area contributed by atoms with Crippen molar-refractivity contribution in [1.82, 2.24) is 5.32 Å². The van der Waals surface area contributed by atoms with Crippen molar-refractivity contribution < 1.29 is 14.3 Å². The number of anilines is 1. The fourth-order valence-corrected chi connectivity index (χ4v) is 1.46. The summed E-state index contributed by atoms with van der Waals surface area (Å²) in [7, 11) is 3.18. The summed E-state index contributed by atoms with van der Waals surface area (Å²) in [4.78, 5) is 22.7. The van der Waals surface area contributed by atoms with E-state index in [0.717, 1.165) is 13.0 Å². The van der Waals surface area contributed by atoms with Gasteiger partial charge < -0.3 is 15.4 Å². The molecule has 0 saturated carbocycles. The van der Waals surface area contributed by atoms with Crippen LogP contribution in [0.1, 0.15) is 23.2 Å². The normalized spacial score (nSPS) is 9.37. The third-order valence-electron chi connectivity index (χ3n) is 2.42. The Kier molecular flexibility index (Phi) is 8.57. The van der Waals surface area contributed by atoms with E-state index in [0.29, 0.717) is 17.7 Å². The lowest BCUT2D eigenvalue weighted by atomic mass is 10.2. The molecule has 0 unspecified atom stereocenters. The van der Waals surface area contributed by atoms with Crippen LogP contribution in [0.25, 0.3) is 0 Å². The summed E-state index contributed by atoms with van der Waals surface area (Å²) < 4.78 is 4.59. The quantitative estimate of drug-likeness (QED) is 0.618. The molecule has 1 amide bonds. The molecular weight excluding hydrogens is 268 g/mol. The predicted octanol–water partition coefficient (Wildman–Crippen LogP) is 1.83. The van der Waals surface area contributed by atoms with Crippen LogP contribution in [0.2, 0.25) is 0 Å². The third-order valence-corrected chi connectivity index (χ3v) is 2.42. The van der Waals surface area contributed by atoms with Crippen LogP contribution in [-0.2, 0) is 9.53 Å². The summed E-state index contributed by atoms with van der Waals surface area (Å²) in [6.07, 6.45) is 1.27. The van der Waals surface area contributed by atoms with Gasteiger partial charge in [0, 0.05) is 12.1 Å². The number of nitrogens with one attached hydrogen (secondary N) is 2. The smallest absolute Gasteiger partial charge is 0.337 e. The summed E-state index contributed by atoms with van der Waals surface area (Å²) in [6, 6.07) is 6.61. The van der Waals surface area contributed by atoms with Crippen LogP contribution in [-0.4, -0.2) is 32.6 Å². The van der Waals surface area contributed by atoms with Crippen molar-refractivity contribution in [3.8, 4) is 0 Å². The van der Waals surface area contributed by atoms with Gasteiger partial charge in [-0.1, -0.05) is 0 Å². The molecule has 0 radical (unpaired) electrons. The standard InChI is InChI=1S/C13H18N2O3.ClH/c1-14-9-3-4-12(16)15-11-7-5-10(6-8-11)13(17)18-2;/h5-8,14H,3-4,9H2,1-2H3,(H,15,16);1H. The van der Waals surface area contributed by atoms with Crippen LogP contribution >= 0.6 is 12.4 Å². The average Bonchev–Trinajstić information content (AvgIpc) is 2.39. The maximum atomic E-state index is 11.5. The molecule has 0 bridgehead atoms. The summed E-state index contributed by atoms with van der Waals surface area (Å²) in [5.74, 6) is -0.419. The molecule has 1 aromatic rings. The molecule has 0 aromatic heterocycles. The Morgan fingerprint density at radius 1 is 1.21 bits per heavy atom. The minimum atomic E-state index is -0.387. The topological polar surface area (TPSA) is 67.4 Å². The summed E-state index contributed by atoms with van der Waals surface area (Å²) in [6.45, 7) is 0.814. The lowest BCUT2D eigenvalue weighted by Gasteiger charge is -2.06. The first-order chi connectivity index (χ1) is 8.67. The van der Waals surface area contributed by atoms with Gasteiger partial charge in [0.1, 0.15) is 0 Å². The zero-order chi connectivity index (χ0) is 13.4. The van der Waals surface area contributed by atoms with E-state index in [4.69, 9.17) is 0 Å². The minimum Gasteiger partial charge on any atom is -0.465 e. The van der Waals surface area contributed by atoms with Crippen molar-refractivity contribution in [1.29, 1.82) is 0 Å². The Balaban J connectivity index is 0.00000324. The van der Waals surface area contributed by atoms with Crippen molar-refractivity contribution in [2.45, 2.75) is 12.8 Å². The first-order valence-corrected chi connectivity index (χ1v) is 5.80. The molecule has 0 aliphatic heterocycles. The van der Waals surface area contributed by atoms with Crippen LogP contribution in [0.15, 0.2) is 24.3 Å². The van der Waals surface area contributed by atoms with Crippen LogP contribution in [0.3, 0.4) is 0 Å². The number of benzene rings is 1. The Labute approximate surface area is 119 Å². The first kappa shape index (κ1) is 17.4. The molecular formula is C13H19ClN2O3. The largest absolute Gasteiger partial charge is 0.465 e. The van der Waals surface area contributed by atoms with Crippen LogP contribution in [0.4, 0.5) is 5.69 Å². The average molecular weight is 287 g/mol. The number of amides is 1. The molecule has 0 fully saturated rings. The minimum absolute atomic E-state index is 0. The van der Waals surface area contributed by atoms with Crippen molar-refractivity contribution in [3.63, 3.8) is 0 Å². The summed E-state index contributed by atoms with van der Waals surface area (Å²) in [5.41, 5.74) is 1.14. The molecule has 106 valence electrons. The molecule has 0 spiro atoms. The number of halogens is 1. The first-order valence-electron chi connectivity index (χ1n) is 5.80. The van der Waals surface area contributed by atoms with Gasteiger partial charge in [-0.2, -0.15) is 0 Å². The molecule has 0 aliphatic carbocycles. The highest BCUT2D eigenvalue weighted by molar-refractivity contribution is 5.93.